The Bertz CT molecular complexity index is 678. The second-order valence-corrected chi connectivity index (χ2v) is 5.91. The number of thiophene rings is 1. The van der Waals surface area contributed by atoms with Gasteiger partial charge in [-0.3, -0.25) is 9.69 Å². The van der Waals surface area contributed by atoms with Crippen molar-refractivity contribution in [2.75, 3.05) is 18.9 Å². The zero-order valence-corrected chi connectivity index (χ0v) is 13.0. The maximum atomic E-state index is 12.0. The lowest BCUT2D eigenvalue weighted by Gasteiger charge is -2.16. The van der Waals surface area contributed by atoms with Crippen LogP contribution in [0.4, 0.5) is 5.00 Å². The molecule has 1 aromatic heterocycles. The Kier molecular flexibility index (Phi) is 5.34. The fourth-order valence-corrected chi connectivity index (χ4v) is 2.83. The van der Waals surface area contributed by atoms with Gasteiger partial charge in [0.25, 0.3) is 0 Å². The summed E-state index contributed by atoms with van der Waals surface area (Å²) in [5, 5.41) is 14.7. The van der Waals surface area contributed by atoms with Crippen LogP contribution in [0.25, 0.3) is 0 Å². The molecule has 1 heterocycles. The summed E-state index contributed by atoms with van der Waals surface area (Å²) in [6, 6.07) is 11.3. The molecule has 0 spiro atoms. The summed E-state index contributed by atoms with van der Waals surface area (Å²) in [6.07, 6.45) is 0. The third-order valence-corrected chi connectivity index (χ3v) is 4.05. The number of hydrogen-bond donors (Lipinski definition) is 1. The van der Waals surface area contributed by atoms with Crippen LogP contribution in [0.1, 0.15) is 11.1 Å². The monoisotopic (exact) mass is 319 g/mol. The minimum absolute atomic E-state index is 0.150. The van der Waals surface area contributed by atoms with E-state index < -0.39 is 0 Å². The predicted molar refractivity (Wildman–Crippen MR) is 85.4 cm³/mol. The highest BCUT2D eigenvalue weighted by atomic mass is 35.5. The van der Waals surface area contributed by atoms with Crippen molar-refractivity contribution in [2.24, 2.45) is 0 Å². The standard InChI is InChI=1S/C15H14ClN3OS/c1-19(9-12-4-2-3-5-13(12)16)10-14(20)18-15-11(8-17)6-7-21-15/h2-7H,9-10H2,1H3,(H,18,20). The SMILES string of the molecule is CN(CC(=O)Nc1sccc1C#N)Cc1ccccc1Cl. The van der Waals surface area contributed by atoms with E-state index in [1.165, 1.54) is 11.3 Å². The zero-order valence-electron chi connectivity index (χ0n) is 11.5. The van der Waals surface area contributed by atoms with Crippen molar-refractivity contribution in [3.05, 3.63) is 51.9 Å². The topological polar surface area (TPSA) is 56.1 Å². The zero-order chi connectivity index (χ0) is 15.2. The smallest absolute Gasteiger partial charge is 0.239 e. The van der Waals surface area contributed by atoms with Gasteiger partial charge in [-0.2, -0.15) is 5.26 Å². The molecule has 0 radical (unpaired) electrons. The minimum atomic E-state index is -0.150. The average molecular weight is 320 g/mol. The Morgan fingerprint density at radius 3 is 2.90 bits per heavy atom. The van der Waals surface area contributed by atoms with Crippen molar-refractivity contribution < 1.29 is 4.79 Å². The summed E-state index contributed by atoms with van der Waals surface area (Å²) >= 11 is 7.44. The maximum absolute atomic E-state index is 12.0. The van der Waals surface area contributed by atoms with Crippen molar-refractivity contribution >= 4 is 33.8 Å². The van der Waals surface area contributed by atoms with Crippen molar-refractivity contribution in [1.82, 2.24) is 4.90 Å². The Morgan fingerprint density at radius 2 is 2.19 bits per heavy atom. The molecule has 2 rings (SSSR count). The number of nitrogens with zero attached hydrogens (tertiary/aromatic N) is 2. The second-order valence-electron chi connectivity index (χ2n) is 4.59. The van der Waals surface area contributed by atoms with Crippen molar-refractivity contribution in [1.29, 1.82) is 5.26 Å². The molecule has 0 aliphatic heterocycles. The molecule has 0 atom stereocenters. The molecule has 21 heavy (non-hydrogen) atoms. The summed E-state index contributed by atoms with van der Waals surface area (Å²) in [5.74, 6) is -0.150. The van der Waals surface area contributed by atoms with Gasteiger partial charge in [0.05, 0.1) is 12.1 Å². The normalized spacial score (nSPS) is 10.4. The highest BCUT2D eigenvalue weighted by Crippen LogP contribution is 2.22. The average Bonchev–Trinajstić information content (AvgIpc) is 2.88. The fraction of sp³-hybridized carbons (Fsp3) is 0.200. The number of carbonyl (C=O) groups excluding carboxylic acids is 1. The Balaban J connectivity index is 1.91. The number of halogens is 1. The van der Waals surface area contributed by atoms with Crippen molar-refractivity contribution in [3.8, 4) is 6.07 Å². The first kappa shape index (κ1) is 15.5. The lowest BCUT2D eigenvalue weighted by Crippen LogP contribution is -2.29. The van der Waals surface area contributed by atoms with E-state index in [1.807, 2.05) is 42.3 Å². The van der Waals surface area contributed by atoms with Crippen LogP contribution in [0.5, 0.6) is 0 Å². The van der Waals surface area contributed by atoms with Crippen molar-refractivity contribution in [3.63, 3.8) is 0 Å². The second kappa shape index (κ2) is 7.23. The number of hydrogen-bond acceptors (Lipinski definition) is 4. The largest absolute Gasteiger partial charge is 0.315 e. The Labute approximate surface area is 132 Å². The molecular weight excluding hydrogens is 306 g/mol. The number of benzene rings is 1. The van der Waals surface area contributed by atoms with Gasteiger partial charge in [0.1, 0.15) is 11.1 Å². The predicted octanol–water partition coefficient (Wildman–Crippen LogP) is 3.34. The quantitative estimate of drug-likeness (QED) is 0.919. The third kappa shape index (κ3) is 4.30. The van der Waals surface area contributed by atoms with Crippen molar-refractivity contribution in [2.45, 2.75) is 6.54 Å². The molecule has 0 aliphatic carbocycles. The van der Waals surface area contributed by atoms with E-state index in [0.717, 1.165) is 5.56 Å². The lowest BCUT2D eigenvalue weighted by molar-refractivity contribution is -0.117. The van der Waals surface area contributed by atoms with Crippen LogP contribution in [-0.4, -0.2) is 24.4 Å². The van der Waals surface area contributed by atoms with Gasteiger partial charge in [0.2, 0.25) is 5.91 Å². The third-order valence-electron chi connectivity index (χ3n) is 2.85. The van der Waals surface area contributed by atoms with Crippen LogP contribution in [0.15, 0.2) is 35.7 Å². The van der Waals surface area contributed by atoms with Crippen LogP contribution in [0, 0.1) is 11.3 Å². The molecule has 0 unspecified atom stereocenters. The van der Waals surface area contributed by atoms with E-state index in [0.29, 0.717) is 22.1 Å². The number of nitrogens with one attached hydrogen (secondary N) is 1. The molecule has 0 aliphatic rings. The number of carbonyl (C=O) groups is 1. The van der Waals surface area contributed by atoms with Crippen LogP contribution in [0.2, 0.25) is 5.02 Å². The number of likely N-dealkylation sites (N-methyl/N-ethyl adjacent to an activating group) is 1. The van der Waals surface area contributed by atoms with Gasteiger partial charge in [-0.1, -0.05) is 29.8 Å². The van der Waals surface area contributed by atoms with E-state index in [9.17, 15) is 4.79 Å². The highest BCUT2D eigenvalue weighted by molar-refractivity contribution is 7.14. The van der Waals surface area contributed by atoms with E-state index in [2.05, 4.69) is 5.32 Å². The molecule has 4 nitrogen and oxygen atoms in total. The molecule has 1 N–H and O–H groups in total. The maximum Gasteiger partial charge on any atom is 0.239 e. The Hall–Kier alpha value is -1.87. The first-order valence-corrected chi connectivity index (χ1v) is 7.55. The fourth-order valence-electron chi connectivity index (χ4n) is 1.88. The van der Waals surface area contributed by atoms with Crippen LogP contribution < -0.4 is 5.32 Å². The molecule has 108 valence electrons. The van der Waals surface area contributed by atoms with Gasteiger partial charge in [0.15, 0.2) is 0 Å². The summed E-state index contributed by atoms with van der Waals surface area (Å²) < 4.78 is 0. The lowest BCUT2D eigenvalue weighted by atomic mass is 10.2. The summed E-state index contributed by atoms with van der Waals surface area (Å²) in [5.41, 5.74) is 1.46. The van der Waals surface area contributed by atoms with Crippen LogP contribution in [0.3, 0.4) is 0 Å². The first-order valence-electron chi connectivity index (χ1n) is 6.29. The van der Waals surface area contributed by atoms with Gasteiger partial charge in [-0.05, 0) is 30.1 Å². The summed E-state index contributed by atoms with van der Waals surface area (Å²) in [7, 11) is 1.85. The van der Waals surface area contributed by atoms with Gasteiger partial charge < -0.3 is 5.32 Å². The van der Waals surface area contributed by atoms with Gasteiger partial charge >= 0.3 is 0 Å². The van der Waals surface area contributed by atoms with E-state index in [1.54, 1.807) is 11.4 Å². The number of nitriles is 1. The van der Waals surface area contributed by atoms with E-state index in [4.69, 9.17) is 16.9 Å². The molecule has 0 saturated heterocycles. The molecule has 1 aromatic carbocycles. The van der Waals surface area contributed by atoms with E-state index >= 15 is 0 Å². The highest BCUT2D eigenvalue weighted by Gasteiger charge is 2.11. The van der Waals surface area contributed by atoms with Crippen LogP contribution >= 0.6 is 22.9 Å². The number of rotatable bonds is 5. The molecule has 0 fully saturated rings. The summed E-state index contributed by atoms with van der Waals surface area (Å²) in [4.78, 5) is 13.8. The molecule has 2 aromatic rings. The van der Waals surface area contributed by atoms with E-state index in [-0.39, 0.29) is 12.5 Å². The number of anilines is 1. The van der Waals surface area contributed by atoms with Crippen LogP contribution in [-0.2, 0) is 11.3 Å². The molecule has 0 saturated carbocycles. The first-order chi connectivity index (χ1) is 10.1. The molecule has 0 bridgehead atoms. The Morgan fingerprint density at radius 1 is 1.43 bits per heavy atom. The molecular formula is C15H14ClN3OS. The summed E-state index contributed by atoms with van der Waals surface area (Å²) in [6.45, 7) is 0.816. The van der Waals surface area contributed by atoms with Gasteiger partial charge in [0, 0.05) is 11.6 Å². The van der Waals surface area contributed by atoms with Gasteiger partial charge in [-0.25, -0.2) is 0 Å². The molecule has 1 amide bonds. The van der Waals surface area contributed by atoms with Gasteiger partial charge in [-0.15, -0.1) is 11.3 Å². The molecule has 6 heteroatoms. The number of amides is 1. The minimum Gasteiger partial charge on any atom is -0.315 e.